The Balaban J connectivity index is 2.35. The third-order valence-electron chi connectivity index (χ3n) is 4.03. The van der Waals surface area contributed by atoms with Crippen molar-refractivity contribution >= 4 is 17.1 Å². The van der Waals surface area contributed by atoms with Gasteiger partial charge in [-0.1, -0.05) is 42.5 Å². The van der Waals surface area contributed by atoms with Gasteiger partial charge in [0.25, 0.3) is 0 Å². The van der Waals surface area contributed by atoms with Gasteiger partial charge in [0, 0.05) is 44.5 Å². The Morgan fingerprint density at radius 2 is 1.38 bits per heavy atom. The van der Waals surface area contributed by atoms with Crippen molar-refractivity contribution in [2.24, 2.45) is 0 Å². The highest BCUT2D eigenvalue weighted by Gasteiger charge is 2.20. The van der Waals surface area contributed by atoms with E-state index >= 15 is 0 Å². The Kier molecular flexibility index (Phi) is 3.57. The molecule has 1 aliphatic heterocycles. The summed E-state index contributed by atoms with van der Waals surface area (Å²) < 4.78 is 0. The number of para-hydroxylation sites is 1. The van der Waals surface area contributed by atoms with Gasteiger partial charge in [0.15, 0.2) is 0 Å². The summed E-state index contributed by atoms with van der Waals surface area (Å²) in [7, 11) is 6.11. The molecular weight excluding hydrogens is 258 g/mol. The zero-order valence-electron chi connectivity index (χ0n) is 12.8. The van der Waals surface area contributed by atoms with Gasteiger partial charge in [0.1, 0.15) is 0 Å². The molecule has 3 nitrogen and oxygen atoms in total. The van der Waals surface area contributed by atoms with Gasteiger partial charge in [-0.2, -0.15) is 0 Å². The smallest absolute Gasteiger partial charge is 0.0674 e. The number of hydrogen-bond donors (Lipinski definition) is 2. The van der Waals surface area contributed by atoms with E-state index in [2.05, 4.69) is 71.1 Å². The summed E-state index contributed by atoms with van der Waals surface area (Å²) in [6.45, 7) is 0.898. The Morgan fingerprint density at radius 3 is 2.10 bits per heavy atom. The second-order valence-electron chi connectivity index (χ2n) is 5.28. The molecule has 1 aliphatic rings. The highest BCUT2D eigenvalue weighted by atomic mass is 15.1. The largest absolute Gasteiger partial charge is 0.386 e. The van der Waals surface area contributed by atoms with Crippen LogP contribution < -0.4 is 15.5 Å². The maximum Gasteiger partial charge on any atom is 0.0674 e. The predicted molar refractivity (Wildman–Crippen MR) is 89.9 cm³/mol. The molecule has 3 heteroatoms. The first-order valence-electron chi connectivity index (χ1n) is 7.25. The number of anilines is 1. The molecule has 0 radical (unpaired) electrons. The molecule has 0 aliphatic carbocycles. The van der Waals surface area contributed by atoms with Crippen LogP contribution in [0.1, 0.15) is 16.7 Å². The molecule has 0 unspecified atom stereocenters. The first kappa shape index (κ1) is 13.6. The van der Waals surface area contributed by atoms with Gasteiger partial charge >= 0.3 is 0 Å². The van der Waals surface area contributed by atoms with Crippen molar-refractivity contribution in [3.8, 4) is 0 Å². The zero-order valence-corrected chi connectivity index (χ0v) is 12.8. The third kappa shape index (κ3) is 2.25. The van der Waals surface area contributed by atoms with Gasteiger partial charge in [-0.3, -0.25) is 0 Å². The van der Waals surface area contributed by atoms with Crippen molar-refractivity contribution in [3.63, 3.8) is 0 Å². The second kappa shape index (κ2) is 5.52. The van der Waals surface area contributed by atoms with Crippen LogP contribution in [0.15, 0.2) is 48.5 Å². The quantitative estimate of drug-likeness (QED) is 0.885. The van der Waals surface area contributed by atoms with E-state index in [4.69, 9.17) is 0 Å². The van der Waals surface area contributed by atoms with E-state index in [9.17, 15) is 0 Å². The molecule has 0 spiro atoms. The maximum absolute atomic E-state index is 3.38. The minimum absolute atomic E-state index is 0.898. The number of fused-ring (bicyclic) bond motifs is 2. The van der Waals surface area contributed by atoms with Gasteiger partial charge in [-0.05, 0) is 11.6 Å². The lowest BCUT2D eigenvalue weighted by Gasteiger charge is -2.29. The van der Waals surface area contributed by atoms with Crippen molar-refractivity contribution in [1.29, 1.82) is 0 Å². The van der Waals surface area contributed by atoms with Crippen LogP contribution in [0.3, 0.4) is 0 Å². The van der Waals surface area contributed by atoms with Crippen molar-refractivity contribution in [2.45, 2.75) is 6.54 Å². The van der Waals surface area contributed by atoms with Crippen LogP contribution in [-0.4, -0.2) is 21.1 Å². The fraction of sp³-hybridized carbons (Fsp3) is 0.222. The van der Waals surface area contributed by atoms with E-state index in [-0.39, 0.29) is 0 Å². The first-order valence-corrected chi connectivity index (χ1v) is 7.25. The molecule has 1 heterocycles. The summed E-state index contributed by atoms with van der Waals surface area (Å²) in [4.78, 5) is 2.30. The first-order chi connectivity index (χ1) is 10.3. The molecule has 2 aromatic rings. The molecule has 3 rings (SSSR count). The fourth-order valence-corrected chi connectivity index (χ4v) is 3.05. The monoisotopic (exact) mass is 279 g/mol. The van der Waals surface area contributed by atoms with Crippen molar-refractivity contribution < 1.29 is 0 Å². The highest BCUT2D eigenvalue weighted by Crippen LogP contribution is 2.34. The number of nitrogens with one attached hydrogen (secondary N) is 2. The van der Waals surface area contributed by atoms with Crippen LogP contribution in [0.4, 0.5) is 5.69 Å². The summed E-state index contributed by atoms with van der Waals surface area (Å²) in [6.07, 6.45) is 0. The minimum Gasteiger partial charge on any atom is -0.386 e. The molecule has 2 N–H and O–H groups in total. The summed E-state index contributed by atoms with van der Waals surface area (Å²) in [5, 5.41) is 6.76. The van der Waals surface area contributed by atoms with Gasteiger partial charge < -0.3 is 15.5 Å². The molecule has 0 saturated carbocycles. The Hall–Kier alpha value is -2.42. The number of benzene rings is 2. The molecule has 0 amide bonds. The molecule has 0 aromatic heterocycles. The third-order valence-corrected chi connectivity index (χ3v) is 4.03. The average molecular weight is 279 g/mol. The van der Waals surface area contributed by atoms with Crippen LogP contribution in [0, 0.1) is 0 Å². The van der Waals surface area contributed by atoms with E-state index < -0.39 is 0 Å². The molecule has 108 valence electrons. The summed E-state index contributed by atoms with van der Waals surface area (Å²) >= 11 is 0. The lowest BCUT2D eigenvalue weighted by atomic mass is 9.96. The summed E-state index contributed by atoms with van der Waals surface area (Å²) in [5.41, 5.74) is 7.32. The van der Waals surface area contributed by atoms with Crippen molar-refractivity contribution in [3.05, 3.63) is 65.2 Å². The second-order valence-corrected chi connectivity index (χ2v) is 5.28. The fourth-order valence-electron chi connectivity index (χ4n) is 3.05. The van der Waals surface area contributed by atoms with Gasteiger partial charge in [-0.15, -0.1) is 0 Å². The number of hydrogen-bond acceptors (Lipinski definition) is 3. The Morgan fingerprint density at radius 1 is 0.810 bits per heavy atom. The lowest BCUT2D eigenvalue weighted by Crippen LogP contribution is -2.25. The van der Waals surface area contributed by atoms with E-state index in [1.807, 2.05) is 14.1 Å². The number of rotatable bonds is 2. The van der Waals surface area contributed by atoms with Gasteiger partial charge in [0.05, 0.1) is 11.4 Å². The van der Waals surface area contributed by atoms with Crippen LogP contribution in [0.25, 0.3) is 11.4 Å². The normalized spacial score (nSPS) is 17.4. The average Bonchev–Trinajstić information content (AvgIpc) is 2.52. The minimum atomic E-state index is 0.898. The summed E-state index contributed by atoms with van der Waals surface area (Å²) in [6, 6.07) is 17.1. The SMILES string of the molecule is CN/C1=C(\NC)c2ccccc2N(C)Cc2ccccc21. The van der Waals surface area contributed by atoms with E-state index in [1.165, 1.54) is 22.4 Å². The standard InChI is InChI=1S/C18H21N3/c1-19-17-14-9-5-4-8-13(14)12-21(3)16-11-7-6-10-15(16)18(17)20-2/h4-11,19-20H,12H2,1-3H3/b18-17-. The van der Waals surface area contributed by atoms with Crippen LogP contribution in [-0.2, 0) is 6.54 Å². The maximum atomic E-state index is 3.38. The molecule has 0 atom stereocenters. The molecule has 21 heavy (non-hydrogen) atoms. The van der Waals surface area contributed by atoms with Gasteiger partial charge in [-0.25, -0.2) is 0 Å². The van der Waals surface area contributed by atoms with E-state index in [0.29, 0.717) is 0 Å². The zero-order chi connectivity index (χ0) is 14.8. The molecule has 2 aromatic carbocycles. The Labute approximate surface area is 126 Å². The van der Waals surface area contributed by atoms with E-state index in [1.54, 1.807) is 0 Å². The van der Waals surface area contributed by atoms with Crippen molar-refractivity contribution in [2.75, 3.05) is 26.0 Å². The topological polar surface area (TPSA) is 27.3 Å². The van der Waals surface area contributed by atoms with Crippen molar-refractivity contribution in [1.82, 2.24) is 10.6 Å². The van der Waals surface area contributed by atoms with E-state index in [0.717, 1.165) is 17.9 Å². The highest BCUT2D eigenvalue weighted by molar-refractivity contribution is 5.94. The van der Waals surface area contributed by atoms with Crippen LogP contribution >= 0.6 is 0 Å². The summed E-state index contributed by atoms with van der Waals surface area (Å²) in [5.74, 6) is 0. The predicted octanol–water partition coefficient (Wildman–Crippen LogP) is 2.90. The van der Waals surface area contributed by atoms with Crippen LogP contribution in [0.5, 0.6) is 0 Å². The lowest BCUT2D eigenvalue weighted by molar-refractivity contribution is 0.904. The van der Waals surface area contributed by atoms with Gasteiger partial charge in [0.2, 0.25) is 0 Å². The number of nitrogens with zero attached hydrogens (tertiary/aromatic N) is 1. The molecule has 0 fully saturated rings. The van der Waals surface area contributed by atoms with Crippen LogP contribution in [0.2, 0.25) is 0 Å². The molecular formula is C18H21N3. The molecule has 0 saturated heterocycles. The Bertz CT molecular complexity index is 688. The molecule has 0 bridgehead atoms.